The van der Waals surface area contributed by atoms with Crippen molar-refractivity contribution in [3.05, 3.63) is 35.3 Å². The number of aromatic amines is 1. The first-order chi connectivity index (χ1) is 16.8. The number of nitrogens with one attached hydrogen (secondary N) is 2. The summed E-state index contributed by atoms with van der Waals surface area (Å²) in [6.45, 7) is 0.446. The van der Waals surface area contributed by atoms with Crippen LogP contribution >= 0.6 is 0 Å². The summed E-state index contributed by atoms with van der Waals surface area (Å²) in [4.78, 5) is 45.9. The number of H-pyrrole nitrogens is 1. The molecular weight excluding hydrogens is 492 g/mol. The Labute approximate surface area is 202 Å². The third kappa shape index (κ3) is 7.95. The van der Waals surface area contributed by atoms with Gasteiger partial charge in [0.25, 0.3) is 0 Å². The number of ether oxygens (including phenoxy) is 1. The predicted octanol–water partition coefficient (Wildman–Crippen LogP) is 3.34. The molecule has 1 aromatic heterocycles. The molecule has 2 unspecified atom stereocenters. The Balaban J connectivity index is 0.000000678. The van der Waals surface area contributed by atoms with E-state index in [0.29, 0.717) is 31.2 Å². The van der Waals surface area contributed by atoms with Gasteiger partial charge in [0.05, 0.1) is 17.4 Å². The number of carbonyl (C=O) groups excluding carboxylic acids is 2. The molecule has 0 spiro atoms. The molecule has 13 heteroatoms. The first-order valence-electron chi connectivity index (χ1n) is 11.0. The van der Waals surface area contributed by atoms with Crippen LogP contribution in [0.2, 0.25) is 0 Å². The number of fused-ring (bicyclic) bond motifs is 1. The van der Waals surface area contributed by atoms with Gasteiger partial charge in [0.2, 0.25) is 5.91 Å². The zero-order valence-corrected chi connectivity index (χ0v) is 19.3. The topological polar surface area (TPSA) is 146 Å². The minimum absolute atomic E-state index is 0.268. The third-order valence-corrected chi connectivity index (χ3v) is 5.74. The molecule has 36 heavy (non-hydrogen) atoms. The minimum Gasteiger partial charge on any atom is -0.473 e. The van der Waals surface area contributed by atoms with E-state index in [9.17, 15) is 27.2 Å². The van der Waals surface area contributed by atoms with Crippen LogP contribution in [0.15, 0.2) is 18.2 Å². The summed E-state index contributed by atoms with van der Waals surface area (Å²) in [5.74, 6) is -6.92. The molecule has 2 atom stereocenters. The Kier molecular flexibility index (Phi) is 9.82. The van der Waals surface area contributed by atoms with Gasteiger partial charge < -0.3 is 25.3 Å². The molecule has 1 amide bonds. The molecule has 1 saturated carbocycles. The van der Waals surface area contributed by atoms with E-state index in [1.54, 1.807) is 12.1 Å². The average Bonchev–Trinajstić information content (AvgIpc) is 3.14. The Morgan fingerprint density at radius 1 is 1.08 bits per heavy atom. The van der Waals surface area contributed by atoms with Crippen LogP contribution < -0.4 is 5.32 Å². The van der Waals surface area contributed by atoms with Gasteiger partial charge in [0.15, 0.2) is 6.61 Å². The molecule has 1 aliphatic rings. The molecule has 3 rings (SSSR count). The lowest BCUT2D eigenvalue weighted by Crippen LogP contribution is -2.41. The summed E-state index contributed by atoms with van der Waals surface area (Å²) >= 11 is 0. The van der Waals surface area contributed by atoms with Crippen LogP contribution in [0.5, 0.6) is 0 Å². The first-order valence-corrected chi connectivity index (χ1v) is 11.0. The maximum Gasteiger partial charge on any atom is 0.422 e. The maximum atomic E-state index is 13.9. The van der Waals surface area contributed by atoms with Gasteiger partial charge in [-0.2, -0.15) is 13.2 Å². The Morgan fingerprint density at radius 3 is 2.28 bits per heavy atom. The molecule has 0 bridgehead atoms. The standard InChI is InChI=1S/C21H24F4N2O3.C2H2O4/c1-12-13(14-7-4-8-17(22)18(14)27-12)9-10-26-19(28)15-5-2-3-6-16(15)20(29)30-11-21(23,24)25;3-1(4)2(5)6/h4,7-8,15-16,27H,2-3,5-6,9-11H2,1H3,(H,26,28);(H,3,4)(H,5,6). The average molecular weight is 518 g/mol. The lowest BCUT2D eigenvalue weighted by molar-refractivity contribution is -0.191. The largest absolute Gasteiger partial charge is 0.473 e. The second kappa shape index (κ2) is 12.4. The van der Waals surface area contributed by atoms with Crippen LogP contribution in [0.1, 0.15) is 36.9 Å². The number of halogens is 4. The highest BCUT2D eigenvalue weighted by molar-refractivity contribution is 6.27. The number of hydrogen-bond acceptors (Lipinski definition) is 5. The van der Waals surface area contributed by atoms with E-state index in [2.05, 4.69) is 15.0 Å². The first kappa shape index (κ1) is 28.6. The third-order valence-electron chi connectivity index (χ3n) is 5.74. The molecule has 1 heterocycles. The summed E-state index contributed by atoms with van der Waals surface area (Å²) in [7, 11) is 0. The Bertz CT molecular complexity index is 1100. The number of aryl methyl sites for hydroxylation is 1. The maximum absolute atomic E-state index is 13.9. The van der Waals surface area contributed by atoms with Crippen molar-refractivity contribution in [3.63, 3.8) is 0 Å². The van der Waals surface area contributed by atoms with Gasteiger partial charge in [-0.1, -0.05) is 25.0 Å². The minimum atomic E-state index is -4.60. The number of hydrogen-bond donors (Lipinski definition) is 4. The molecule has 9 nitrogen and oxygen atoms in total. The van der Waals surface area contributed by atoms with E-state index in [-0.39, 0.29) is 18.3 Å². The van der Waals surface area contributed by atoms with Gasteiger partial charge in [-0.25, -0.2) is 14.0 Å². The molecule has 2 aromatic rings. The summed E-state index contributed by atoms with van der Waals surface area (Å²) in [6, 6.07) is 4.78. The number of aromatic nitrogens is 1. The summed E-state index contributed by atoms with van der Waals surface area (Å²) in [5.41, 5.74) is 2.10. The number of amides is 1. The molecular formula is C23H26F4N2O7. The van der Waals surface area contributed by atoms with Gasteiger partial charge in [-0.05, 0) is 37.8 Å². The molecule has 0 radical (unpaired) electrons. The highest BCUT2D eigenvalue weighted by atomic mass is 19.4. The number of rotatable bonds is 6. The molecule has 4 N–H and O–H groups in total. The molecule has 0 aliphatic heterocycles. The fourth-order valence-corrected chi connectivity index (χ4v) is 4.12. The van der Waals surface area contributed by atoms with E-state index < -0.39 is 42.5 Å². The van der Waals surface area contributed by atoms with Crippen LogP contribution in [0, 0.1) is 24.6 Å². The zero-order valence-electron chi connectivity index (χ0n) is 19.3. The van der Waals surface area contributed by atoms with E-state index >= 15 is 0 Å². The van der Waals surface area contributed by atoms with Crippen LogP contribution in [0.4, 0.5) is 17.6 Å². The van der Waals surface area contributed by atoms with Crippen molar-refractivity contribution in [2.45, 2.75) is 45.2 Å². The second-order valence-corrected chi connectivity index (χ2v) is 8.26. The van der Waals surface area contributed by atoms with Gasteiger partial charge in [0.1, 0.15) is 5.82 Å². The lowest BCUT2D eigenvalue weighted by Gasteiger charge is -2.29. The Hall–Kier alpha value is -3.64. The van der Waals surface area contributed by atoms with Crippen LogP contribution in [-0.2, 0) is 30.3 Å². The van der Waals surface area contributed by atoms with Gasteiger partial charge in [-0.3, -0.25) is 9.59 Å². The molecule has 1 fully saturated rings. The van der Waals surface area contributed by atoms with Gasteiger partial charge >= 0.3 is 24.1 Å². The monoisotopic (exact) mass is 518 g/mol. The van der Waals surface area contributed by atoms with Gasteiger partial charge in [0, 0.05) is 17.6 Å². The summed E-state index contributed by atoms with van der Waals surface area (Å²) in [6.07, 6.45) is -2.00. The van der Waals surface area contributed by atoms with Crippen molar-refractivity contribution < 1.29 is 51.7 Å². The van der Waals surface area contributed by atoms with Crippen molar-refractivity contribution >= 4 is 34.7 Å². The number of carbonyl (C=O) groups is 4. The quantitative estimate of drug-likeness (QED) is 0.261. The lowest BCUT2D eigenvalue weighted by atomic mass is 9.78. The zero-order chi connectivity index (χ0) is 27.0. The molecule has 0 saturated heterocycles. The van der Waals surface area contributed by atoms with Crippen molar-refractivity contribution in [3.8, 4) is 0 Å². The second-order valence-electron chi connectivity index (χ2n) is 8.26. The van der Waals surface area contributed by atoms with Crippen molar-refractivity contribution in [1.82, 2.24) is 10.3 Å². The fourth-order valence-electron chi connectivity index (χ4n) is 4.12. The van der Waals surface area contributed by atoms with E-state index in [1.807, 2.05) is 6.92 Å². The van der Waals surface area contributed by atoms with Crippen LogP contribution in [0.3, 0.4) is 0 Å². The van der Waals surface area contributed by atoms with Crippen LogP contribution in [-0.4, -0.2) is 58.3 Å². The van der Waals surface area contributed by atoms with Crippen molar-refractivity contribution in [2.75, 3.05) is 13.2 Å². The number of aliphatic carboxylic acids is 2. The number of alkyl halides is 3. The summed E-state index contributed by atoms with van der Waals surface area (Å²) < 4.78 is 55.3. The highest BCUT2D eigenvalue weighted by Crippen LogP contribution is 2.32. The SMILES string of the molecule is Cc1[nH]c2c(F)cccc2c1CCNC(=O)C1CCCCC1C(=O)OCC(F)(F)F.O=C(O)C(=O)O. The molecule has 198 valence electrons. The van der Waals surface area contributed by atoms with Crippen molar-refractivity contribution in [2.24, 2.45) is 11.8 Å². The summed E-state index contributed by atoms with van der Waals surface area (Å²) in [5, 5.41) is 18.3. The highest BCUT2D eigenvalue weighted by Gasteiger charge is 2.38. The normalized spacial score (nSPS) is 17.6. The number of carboxylic acid groups (broad SMARTS) is 2. The van der Waals surface area contributed by atoms with E-state index in [1.165, 1.54) is 6.07 Å². The molecule has 1 aliphatic carbocycles. The number of para-hydroxylation sites is 1. The smallest absolute Gasteiger partial charge is 0.422 e. The number of carboxylic acids is 2. The predicted molar refractivity (Wildman–Crippen MR) is 117 cm³/mol. The number of benzene rings is 1. The Morgan fingerprint density at radius 2 is 1.69 bits per heavy atom. The van der Waals surface area contributed by atoms with E-state index in [0.717, 1.165) is 23.1 Å². The number of esters is 1. The van der Waals surface area contributed by atoms with Crippen molar-refractivity contribution in [1.29, 1.82) is 0 Å². The van der Waals surface area contributed by atoms with Gasteiger partial charge in [-0.15, -0.1) is 0 Å². The van der Waals surface area contributed by atoms with E-state index in [4.69, 9.17) is 19.8 Å². The molecule has 1 aromatic carbocycles. The fraction of sp³-hybridized carbons (Fsp3) is 0.478. The van der Waals surface area contributed by atoms with Crippen LogP contribution in [0.25, 0.3) is 10.9 Å².